The largest absolute Gasteiger partial charge is 0.381 e. The minimum atomic E-state index is 0.423. The lowest BCUT2D eigenvalue weighted by Crippen LogP contribution is -2.48. The number of nitrogens with one attached hydrogen (secondary N) is 1. The molecule has 1 saturated heterocycles. The van der Waals surface area contributed by atoms with Crippen LogP contribution in [0.15, 0.2) is 0 Å². The molecule has 0 amide bonds. The van der Waals surface area contributed by atoms with Crippen LogP contribution in [0.5, 0.6) is 0 Å². The van der Waals surface area contributed by atoms with Crippen LogP contribution < -0.4 is 5.32 Å². The van der Waals surface area contributed by atoms with Gasteiger partial charge in [-0.2, -0.15) is 0 Å². The second-order valence-electron chi connectivity index (χ2n) is 5.80. The summed E-state index contributed by atoms with van der Waals surface area (Å²) in [6.07, 6.45) is 3.61. The fourth-order valence-electron chi connectivity index (χ4n) is 2.44. The Morgan fingerprint density at radius 2 is 1.94 bits per heavy atom. The topological polar surface area (TPSA) is 24.5 Å². The summed E-state index contributed by atoms with van der Waals surface area (Å²) in [5, 5.41) is 3.61. The summed E-state index contributed by atoms with van der Waals surface area (Å²) in [6.45, 7) is 12.1. The van der Waals surface area contributed by atoms with E-state index in [1.165, 1.54) is 25.8 Å². The van der Waals surface area contributed by atoms with Crippen LogP contribution in [-0.4, -0.2) is 50.8 Å². The summed E-state index contributed by atoms with van der Waals surface area (Å²) in [5.41, 5.74) is 0.423. The lowest BCUT2D eigenvalue weighted by atomic mass is 9.79. The highest BCUT2D eigenvalue weighted by Gasteiger charge is 2.33. The summed E-state index contributed by atoms with van der Waals surface area (Å²) in [4.78, 5) is 2.47. The molecule has 0 bridgehead atoms. The van der Waals surface area contributed by atoms with Crippen molar-refractivity contribution in [3.05, 3.63) is 0 Å². The lowest BCUT2D eigenvalue weighted by Gasteiger charge is -2.41. The Labute approximate surface area is 107 Å². The van der Waals surface area contributed by atoms with Gasteiger partial charge in [0, 0.05) is 32.3 Å². The summed E-state index contributed by atoms with van der Waals surface area (Å²) in [5.74, 6) is 0. The first-order valence-electron chi connectivity index (χ1n) is 7.08. The summed E-state index contributed by atoms with van der Waals surface area (Å²) < 4.78 is 5.53. The van der Waals surface area contributed by atoms with Gasteiger partial charge in [0.2, 0.25) is 0 Å². The Kier molecular flexibility index (Phi) is 6.45. The molecule has 1 heterocycles. The molecule has 1 aliphatic rings. The van der Waals surface area contributed by atoms with Crippen molar-refractivity contribution in [1.82, 2.24) is 10.2 Å². The lowest BCUT2D eigenvalue weighted by molar-refractivity contribution is -0.00451. The van der Waals surface area contributed by atoms with E-state index in [0.717, 1.165) is 26.3 Å². The zero-order valence-electron chi connectivity index (χ0n) is 12.1. The van der Waals surface area contributed by atoms with E-state index in [-0.39, 0.29) is 0 Å². The highest BCUT2D eigenvalue weighted by molar-refractivity contribution is 4.87. The van der Waals surface area contributed by atoms with Gasteiger partial charge >= 0.3 is 0 Å². The molecule has 1 aliphatic heterocycles. The van der Waals surface area contributed by atoms with Gasteiger partial charge in [0.15, 0.2) is 0 Å². The van der Waals surface area contributed by atoms with Crippen LogP contribution in [0.2, 0.25) is 0 Å². The van der Waals surface area contributed by atoms with E-state index in [0.29, 0.717) is 11.5 Å². The van der Waals surface area contributed by atoms with Crippen LogP contribution in [0.1, 0.15) is 40.0 Å². The van der Waals surface area contributed by atoms with Gasteiger partial charge in [0.05, 0.1) is 0 Å². The number of hydrogen-bond acceptors (Lipinski definition) is 3. The first kappa shape index (κ1) is 14.9. The molecule has 0 atom stereocenters. The quantitative estimate of drug-likeness (QED) is 0.692. The summed E-state index contributed by atoms with van der Waals surface area (Å²) in [7, 11) is 2.24. The number of hydrogen-bond donors (Lipinski definition) is 1. The normalized spacial score (nSPS) is 20.1. The number of ether oxygens (including phenoxy) is 1. The molecular weight excluding hydrogens is 212 g/mol. The molecule has 102 valence electrons. The van der Waals surface area contributed by atoms with E-state index in [1.807, 2.05) is 0 Å². The predicted octanol–water partition coefficient (Wildman–Crippen LogP) is 2.12. The maximum absolute atomic E-state index is 5.53. The first-order valence-corrected chi connectivity index (χ1v) is 7.08. The van der Waals surface area contributed by atoms with E-state index in [9.17, 15) is 0 Å². The van der Waals surface area contributed by atoms with Gasteiger partial charge in [0.1, 0.15) is 0 Å². The van der Waals surface area contributed by atoms with Crippen molar-refractivity contribution >= 4 is 0 Å². The molecule has 0 aromatic heterocycles. The molecule has 0 aliphatic carbocycles. The van der Waals surface area contributed by atoms with E-state index < -0.39 is 0 Å². The molecule has 1 rings (SSSR count). The second kappa shape index (κ2) is 7.34. The Bertz CT molecular complexity index is 200. The molecule has 0 radical (unpaired) electrons. The van der Waals surface area contributed by atoms with E-state index in [1.54, 1.807) is 0 Å². The minimum absolute atomic E-state index is 0.423. The molecular formula is C14H30N2O. The fourth-order valence-corrected chi connectivity index (χ4v) is 2.44. The van der Waals surface area contributed by atoms with Crippen LogP contribution in [0, 0.1) is 5.41 Å². The van der Waals surface area contributed by atoms with Gasteiger partial charge in [-0.3, -0.25) is 0 Å². The van der Waals surface area contributed by atoms with Crippen LogP contribution in [-0.2, 0) is 4.74 Å². The third-order valence-electron chi connectivity index (χ3n) is 3.95. The molecule has 3 nitrogen and oxygen atoms in total. The van der Waals surface area contributed by atoms with Crippen molar-refractivity contribution in [2.45, 2.75) is 46.1 Å². The predicted molar refractivity (Wildman–Crippen MR) is 73.4 cm³/mol. The molecule has 0 unspecified atom stereocenters. The Balaban J connectivity index is 2.51. The molecule has 0 spiro atoms. The van der Waals surface area contributed by atoms with Crippen molar-refractivity contribution in [2.75, 3.05) is 39.9 Å². The molecule has 1 fully saturated rings. The fraction of sp³-hybridized carbons (Fsp3) is 1.00. The monoisotopic (exact) mass is 242 g/mol. The minimum Gasteiger partial charge on any atom is -0.381 e. The van der Waals surface area contributed by atoms with Gasteiger partial charge < -0.3 is 15.0 Å². The smallest absolute Gasteiger partial charge is 0.0472 e. The number of rotatable bonds is 7. The zero-order valence-corrected chi connectivity index (χ0v) is 12.1. The van der Waals surface area contributed by atoms with Crippen molar-refractivity contribution in [3.63, 3.8) is 0 Å². The molecule has 1 N–H and O–H groups in total. The SMILES string of the molecule is CCCNCC1(CN(C)C(C)C)CCOCC1. The van der Waals surface area contributed by atoms with Crippen LogP contribution in [0.3, 0.4) is 0 Å². The Morgan fingerprint density at radius 1 is 1.29 bits per heavy atom. The van der Waals surface area contributed by atoms with Gasteiger partial charge in [-0.05, 0) is 52.1 Å². The van der Waals surface area contributed by atoms with Gasteiger partial charge in [-0.1, -0.05) is 6.92 Å². The van der Waals surface area contributed by atoms with Crippen molar-refractivity contribution in [3.8, 4) is 0 Å². The molecule has 0 saturated carbocycles. The van der Waals surface area contributed by atoms with Gasteiger partial charge in [-0.25, -0.2) is 0 Å². The first-order chi connectivity index (χ1) is 8.09. The molecule has 17 heavy (non-hydrogen) atoms. The standard InChI is InChI=1S/C14H30N2O/c1-5-8-15-11-14(6-9-17-10-7-14)12-16(4)13(2)3/h13,15H,5-12H2,1-4H3. The molecule has 3 heteroatoms. The molecule has 0 aromatic carbocycles. The molecule has 0 aromatic rings. The van der Waals surface area contributed by atoms with Crippen molar-refractivity contribution in [2.24, 2.45) is 5.41 Å². The average molecular weight is 242 g/mol. The van der Waals surface area contributed by atoms with Crippen LogP contribution in [0.25, 0.3) is 0 Å². The second-order valence-corrected chi connectivity index (χ2v) is 5.80. The third-order valence-corrected chi connectivity index (χ3v) is 3.95. The van der Waals surface area contributed by atoms with E-state index in [4.69, 9.17) is 4.74 Å². The van der Waals surface area contributed by atoms with Crippen molar-refractivity contribution in [1.29, 1.82) is 0 Å². The maximum Gasteiger partial charge on any atom is 0.0472 e. The van der Waals surface area contributed by atoms with E-state index >= 15 is 0 Å². The highest BCUT2D eigenvalue weighted by atomic mass is 16.5. The van der Waals surface area contributed by atoms with Gasteiger partial charge in [0.25, 0.3) is 0 Å². The highest BCUT2D eigenvalue weighted by Crippen LogP contribution is 2.31. The van der Waals surface area contributed by atoms with Crippen LogP contribution in [0.4, 0.5) is 0 Å². The van der Waals surface area contributed by atoms with E-state index in [2.05, 4.69) is 38.0 Å². The zero-order chi connectivity index (χ0) is 12.7. The number of nitrogens with zero attached hydrogens (tertiary/aromatic N) is 1. The summed E-state index contributed by atoms with van der Waals surface area (Å²) in [6, 6.07) is 0.626. The maximum atomic E-state index is 5.53. The summed E-state index contributed by atoms with van der Waals surface area (Å²) >= 11 is 0. The Morgan fingerprint density at radius 3 is 2.47 bits per heavy atom. The Hall–Kier alpha value is -0.120. The van der Waals surface area contributed by atoms with Crippen LogP contribution >= 0.6 is 0 Å². The third kappa shape index (κ3) is 4.94. The average Bonchev–Trinajstić information content (AvgIpc) is 2.30. The van der Waals surface area contributed by atoms with Gasteiger partial charge in [-0.15, -0.1) is 0 Å². The van der Waals surface area contributed by atoms with Crippen molar-refractivity contribution < 1.29 is 4.74 Å².